The molecule has 0 aromatic carbocycles. The van der Waals surface area contributed by atoms with E-state index in [1.54, 1.807) is 0 Å². The lowest BCUT2D eigenvalue weighted by Crippen LogP contribution is -2.43. The normalized spacial score (nSPS) is 34.2. The maximum absolute atomic E-state index is 3.63. The minimum atomic E-state index is 0.779. The molecule has 1 heterocycles. The Hall–Kier alpha value is -0.0800. The number of hydrogen-bond acceptors (Lipinski definition) is 2. The van der Waals surface area contributed by atoms with Crippen LogP contribution in [0.15, 0.2) is 0 Å². The van der Waals surface area contributed by atoms with Crippen molar-refractivity contribution >= 4 is 0 Å². The van der Waals surface area contributed by atoms with Crippen LogP contribution >= 0.6 is 0 Å². The van der Waals surface area contributed by atoms with Crippen molar-refractivity contribution < 1.29 is 0 Å². The molecule has 0 radical (unpaired) electrons. The Morgan fingerprint density at radius 3 is 2.60 bits per heavy atom. The van der Waals surface area contributed by atoms with Crippen LogP contribution in [0.1, 0.15) is 25.7 Å². The van der Waals surface area contributed by atoms with Crippen LogP contribution in [0.4, 0.5) is 0 Å². The van der Waals surface area contributed by atoms with Crippen LogP contribution < -0.4 is 10.6 Å². The Morgan fingerprint density at radius 1 is 1.10 bits per heavy atom. The third-order valence-electron chi connectivity index (χ3n) is 2.35. The van der Waals surface area contributed by atoms with E-state index in [1.165, 1.54) is 38.8 Å². The summed E-state index contributed by atoms with van der Waals surface area (Å²) in [5.41, 5.74) is 0. The standard InChI is InChI=1S/C8H16N2/c1-2-8(6-9-5-1)10-7-3-4-7/h7-10H,1-6H2/t8-/m0/s1. The van der Waals surface area contributed by atoms with E-state index in [1.807, 2.05) is 0 Å². The van der Waals surface area contributed by atoms with Gasteiger partial charge < -0.3 is 10.6 Å². The van der Waals surface area contributed by atoms with Crippen molar-refractivity contribution in [2.75, 3.05) is 13.1 Å². The van der Waals surface area contributed by atoms with Crippen LogP contribution in [0.3, 0.4) is 0 Å². The summed E-state index contributed by atoms with van der Waals surface area (Å²) in [4.78, 5) is 0. The second-order valence-corrected chi connectivity index (χ2v) is 3.48. The molecule has 2 N–H and O–H groups in total. The predicted molar refractivity (Wildman–Crippen MR) is 42.0 cm³/mol. The van der Waals surface area contributed by atoms with E-state index in [4.69, 9.17) is 0 Å². The molecule has 0 aromatic rings. The molecule has 58 valence electrons. The van der Waals surface area contributed by atoms with E-state index < -0.39 is 0 Å². The van der Waals surface area contributed by atoms with Crippen molar-refractivity contribution in [3.8, 4) is 0 Å². The lowest BCUT2D eigenvalue weighted by molar-refractivity contribution is 0.388. The molecular formula is C8H16N2. The van der Waals surface area contributed by atoms with Crippen LogP contribution in [-0.2, 0) is 0 Å². The van der Waals surface area contributed by atoms with Crippen LogP contribution in [0.25, 0.3) is 0 Å². The highest BCUT2D eigenvalue weighted by molar-refractivity contribution is 4.86. The van der Waals surface area contributed by atoms with Crippen molar-refractivity contribution in [2.45, 2.75) is 37.8 Å². The van der Waals surface area contributed by atoms with E-state index in [-0.39, 0.29) is 0 Å². The van der Waals surface area contributed by atoms with E-state index >= 15 is 0 Å². The molecule has 2 aliphatic rings. The van der Waals surface area contributed by atoms with Gasteiger partial charge in [0.05, 0.1) is 0 Å². The van der Waals surface area contributed by atoms with Gasteiger partial charge >= 0.3 is 0 Å². The Bertz CT molecular complexity index is 104. The van der Waals surface area contributed by atoms with E-state index in [2.05, 4.69) is 10.6 Å². The van der Waals surface area contributed by atoms with Gasteiger partial charge in [0.25, 0.3) is 0 Å². The smallest absolute Gasteiger partial charge is 0.0195 e. The third kappa shape index (κ3) is 1.70. The summed E-state index contributed by atoms with van der Waals surface area (Å²) in [6, 6.07) is 1.66. The first kappa shape index (κ1) is 6.62. The molecule has 0 aromatic heterocycles. The second kappa shape index (κ2) is 2.89. The molecule has 0 spiro atoms. The average molecular weight is 140 g/mol. The molecule has 2 nitrogen and oxygen atoms in total. The minimum absolute atomic E-state index is 0.779. The summed E-state index contributed by atoms with van der Waals surface area (Å²) in [6.45, 7) is 2.42. The maximum Gasteiger partial charge on any atom is 0.0195 e. The first-order valence-electron chi connectivity index (χ1n) is 4.42. The van der Waals surface area contributed by atoms with Gasteiger partial charge in [-0.2, -0.15) is 0 Å². The second-order valence-electron chi connectivity index (χ2n) is 3.48. The highest BCUT2D eigenvalue weighted by atomic mass is 15.0. The van der Waals surface area contributed by atoms with Crippen LogP contribution in [0.2, 0.25) is 0 Å². The zero-order valence-electron chi connectivity index (χ0n) is 6.40. The minimum Gasteiger partial charge on any atom is -0.315 e. The number of piperidine rings is 1. The average Bonchev–Trinajstić information content (AvgIpc) is 2.74. The van der Waals surface area contributed by atoms with Gasteiger partial charge in [0, 0.05) is 18.6 Å². The van der Waals surface area contributed by atoms with Crippen molar-refractivity contribution in [3.63, 3.8) is 0 Å². The molecule has 0 bridgehead atoms. The molecule has 2 fully saturated rings. The highest BCUT2D eigenvalue weighted by Crippen LogP contribution is 2.20. The van der Waals surface area contributed by atoms with Crippen LogP contribution in [0.5, 0.6) is 0 Å². The molecule has 1 atom stereocenters. The molecule has 10 heavy (non-hydrogen) atoms. The summed E-state index contributed by atoms with van der Waals surface area (Å²) in [5.74, 6) is 0. The van der Waals surface area contributed by atoms with Gasteiger partial charge in [0.2, 0.25) is 0 Å². The summed E-state index contributed by atoms with van der Waals surface area (Å²) in [5, 5.41) is 7.04. The van der Waals surface area contributed by atoms with Gasteiger partial charge in [-0.25, -0.2) is 0 Å². The molecule has 0 amide bonds. The lowest BCUT2D eigenvalue weighted by atomic mass is 10.1. The van der Waals surface area contributed by atoms with E-state index in [0.29, 0.717) is 0 Å². The summed E-state index contributed by atoms with van der Waals surface area (Å²) < 4.78 is 0. The summed E-state index contributed by atoms with van der Waals surface area (Å²) in [6.07, 6.45) is 5.56. The van der Waals surface area contributed by atoms with Gasteiger partial charge in [0.1, 0.15) is 0 Å². The zero-order valence-corrected chi connectivity index (χ0v) is 6.40. The molecule has 1 saturated carbocycles. The largest absolute Gasteiger partial charge is 0.315 e. The zero-order chi connectivity index (χ0) is 6.81. The SMILES string of the molecule is C1CNC[C@@H](NC2CC2)C1. The number of rotatable bonds is 2. The summed E-state index contributed by atoms with van der Waals surface area (Å²) >= 11 is 0. The quantitative estimate of drug-likeness (QED) is 0.583. The van der Waals surface area contributed by atoms with Crippen LogP contribution in [-0.4, -0.2) is 25.2 Å². The Morgan fingerprint density at radius 2 is 2.00 bits per heavy atom. The van der Waals surface area contributed by atoms with Gasteiger partial charge in [0.15, 0.2) is 0 Å². The van der Waals surface area contributed by atoms with Crippen molar-refractivity contribution in [3.05, 3.63) is 0 Å². The molecule has 0 unspecified atom stereocenters. The molecular weight excluding hydrogens is 124 g/mol. The number of nitrogens with one attached hydrogen (secondary N) is 2. The molecule has 1 aliphatic heterocycles. The maximum atomic E-state index is 3.63. The Balaban J connectivity index is 1.69. The van der Waals surface area contributed by atoms with E-state index in [0.717, 1.165) is 12.1 Å². The first-order valence-corrected chi connectivity index (χ1v) is 4.42. The molecule has 1 aliphatic carbocycles. The fourth-order valence-electron chi connectivity index (χ4n) is 1.58. The summed E-state index contributed by atoms with van der Waals surface area (Å²) in [7, 11) is 0. The topological polar surface area (TPSA) is 24.1 Å². The molecule has 2 rings (SSSR count). The van der Waals surface area contributed by atoms with Crippen molar-refractivity contribution in [2.24, 2.45) is 0 Å². The first-order chi connectivity index (χ1) is 4.95. The van der Waals surface area contributed by atoms with Gasteiger partial charge in [-0.3, -0.25) is 0 Å². The highest BCUT2D eigenvalue weighted by Gasteiger charge is 2.24. The fourth-order valence-corrected chi connectivity index (χ4v) is 1.58. The third-order valence-corrected chi connectivity index (χ3v) is 2.35. The van der Waals surface area contributed by atoms with Gasteiger partial charge in [-0.1, -0.05) is 0 Å². The Labute approximate surface area is 62.4 Å². The number of hydrogen-bond donors (Lipinski definition) is 2. The van der Waals surface area contributed by atoms with Crippen LogP contribution in [0, 0.1) is 0 Å². The van der Waals surface area contributed by atoms with E-state index in [9.17, 15) is 0 Å². The van der Waals surface area contributed by atoms with Gasteiger partial charge in [-0.05, 0) is 32.2 Å². The van der Waals surface area contributed by atoms with Crippen molar-refractivity contribution in [1.29, 1.82) is 0 Å². The predicted octanol–water partition coefficient (Wildman–Crippen LogP) is 0.490. The molecule has 1 saturated heterocycles. The lowest BCUT2D eigenvalue weighted by Gasteiger charge is -2.23. The van der Waals surface area contributed by atoms with Gasteiger partial charge in [-0.15, -0.1) is 0 Å². The molecule has 2 heteroatoms. The Kier molecular flexibility index (Phi) is 1.91. The fraction of sp³-hybridized carbons (Fsp3) is 1.00. The monoisotopic (exact) mass is 140 g/mol. The van der Waals surface area contributed by atoms with Crippen molar-refractivity contribution in [1.82, 2.24) is 10.6 Å².